The summed E-state index contributed by atoms with van der Waals surface area (Å²) in [6.45, 7) is -0.396. The van der Waals surface area contributed by atoms with Gasteiger partial charge in [0, 0.05) is 0 Å². The van der Waals surface area contributed by atoms with Crippen LogP contribution in [0.5, 0.6) is 11.5 Å². The zero-order chi connectivity index (χ0) is 19.8. The van der Waals surface area contributed by atoms with E-state index in [0.717, 1.165) is 6.07 Å². The summed E-state index contributed by atoms with van der Waals surface area (Å²) < 4.78 is 23.9. The van der Waals surface area contributed by atoms with Gasteiger partial charge in [0.1, 0.15) is 5.82 Å². The summed E-state index contributed by atoms with van der Waals surface area (Å²) in [6.07, 6.45) is 1.40. The molecule has 27 heavy (non-hydrogen) atoms. The first kappa shape index (κ1) is 20.2. The van der Waals surface area contributed by atoms with Crippen LogP contribution in [0.15, 0.2) is 41.5 Å². The lowest BCUT2D eigenvalue weighted by Gasteiger charge is -2.08. The predicted octanol–water partition coefficient (Wildman–Crippen LogP) is 2.38. The third-order valence-electron chi connectivity index (χ3n) is 3.41. The van der Waals surface area contributed by atoms with Gasteiger partial charge >= 0.3 is 0 Å². The van der Waals surface area contributed by atoms with E-state index in [9.17, 15) is 14.0 Å². The summed E-state index contributed by atoms with van der Waals surface area (Å²) in [5.74, 6) is -1.08. The zero-order valence-corrected chi connectivity index (χ0v) is 15.3. The number of hydrogen-bond donors (Lipinski definition) is 2. The van der Waals surface area contributed by atoms with Crippen LogP contribution >= 0.6 is 11.6 Å². The number of nitrogens with zero attached hydrogens (tertiary/aromatic N) is 1. The average molecular weight is 394 g/mol. The third kappa shape index (κ3) is 5.42. The maximum Gasteiger partial charge on any atom is 0.259 e. The smallest absolute Gasteiger partial charge is 0.259 e. The fraction of sp³-hybridized carbons (Fsp3) is 0.167. The maximum absolute atomic E-state index is 13.6. The molecule has 2 N–H and O–H groups in total. The van der Waals surface area contributed by atoms with Crippen LogP contribution in [-0.4, -0.2) is 38.8 Å². The van der Waals surface area contributed by atoms with Gasteiger partial charge in [-0.15, -0.1) is 0 Å². The highest BCUT2D eigenvalue weighted by Gasteiger charge is 2.16. The van der Waals surface area contributed by atoms with E-state index in [4.69, 9.17) is 21.1 Å². The second-order valence-electron chi connectivity index (χ2n) is 5.19. The number of hydrazone groups is 1. The average Bonchev–Trinajstić information content (AvgIpc) is 2.66. The van der Waals surface area contributed by atoms with Crippen molar-refractivity contribution in [1.82, 2.24) is 10.7 Å². The predicted molar refractivity (Wildman–Crippen MR) is 99.0 cm³/mol. The first-order valence-corrected chi connectivity index (χ1v) is 8.10. The molecule has 0 saturated carbocycles. The number of carbonyl (C=O) groups excluding carboxylic acids is 2. The van der Waals surface area contributed by atoms with E-state index in [1.54, 1.807) is 18.2 Å². The Balaban J connectivity index is 1.89. The fourth-order valence-corrected chi connectivity index (χ4v) is 2.36. The summed E-state index contributed by atoms with van der Waals surface area (Å²) in [4.78, 5) is 23.7. The van der Waals surface area contributed by atoms with Crippen LogP contribution < -0.4 is 20.2 Å². The van der Waals surface area contributed by atoms with E-state index in [1.165, 1.54) is 32.6 Å². The number of nitrogens with one attached hydrogen (secondary N) is 2. The highest BCUT2D eigenvalue weighted by Crippen LogP contribution is 2.26. The van der Waals surface area contributed by atoms with Crippen molar-refractivity contribution in [3.05, 3.63) is 58.4 Å². The molecule has 0 fully saturated rings. The Morgan fingerprint density at radius 1 is 1.19 bits per heavy atom. The van der Waals surface area contributed by atoms with E-state index in [2.05, 4.69) is 15.8 Å². The molecule has 0 aliphatic rings. The molecule has 7 nitrogen and oxygen atoms in total. The largest absolute Gasteiger partial charge is 0.493 e. The van der Waals surface area contributed by atoms with Gasteiger partial charge in [-0.2, -0.15) is 5.10 Å². The number of benzene rings is 2. The van der Waals surface area contributed by atoms with Crippen molar-refractivity contribution in [1.29, 1.82) is 0 Å². The van der Waals surface area contributed by atoms with Gasteiger partial charge in [-0.1, -0.05) is 17.7 Å². The van der Waals surface area contributed by atoms with Gasteiger partial charge in [-0.3, -0.25) is 9.59 Å². The van der Waals surface area contributed by atoms with Crippen molar-refractivity contribution < 1.29 is 23.5 Å². The molecule has 0 aliphatic heterocycles. The van der Waals surface area contributed by atoms with Crippen LogP contribution in [0.1, 0.15) is 15.9 Å². The molecule has 0 spiro atoms. The summed E-state index contributed by atoms with van der Waals surface area (Å²) in [5, 5.41) is 6.02. The maximum atomic E-state index is 13.6. The van der Waals surface area contributed by atoms with E-state index in [-0.39, 0.29) is 10.6 Å². The van der Waals surface area contributed by atoms with Crippen molar-refractivity contribution in [2.45, 2.75) is 0 Å². The summed E-state index contributed by atoms with van der Waals surface area (Å²) in [5.41, 5.74) is 2.59. The number of halogens is 2. The molecule has 0 bridgehead atoms. The molecule has 2 aromatic carbocycles. The molecule has 0 radical (unpaired) electrons. The number of ether oxygens (including phenoxy) is 2. The van der Waals surface area contributed by atoms with Gasteiger partial charge in [0.2, 0.25) is 0 Å². The lowest BCUT2D eigenvalue weighted by molar-refractivity contribution is -0.120. The molecule has 142 valence electrons. The quantitative estimate of drug-likeness (QED) is 0.558. The highest BCUT2D eigenvalue weighted by molar-refractivity contribution is 6.33. The third-order valence-corrected chi connectivity index (χ3v) is 3.72. The molecule has 0 atom stereocenters. The van der Waals surface area contributed by atoms with Gasteiger partial charge in [-0.05, 0) is 35.9 Å². The molecule has 0 unspecified atom stereocenters. The normalized spacial score (nSPS) is 10.5. The Bertz CT molecular complexity index is 853. The molecular formula is C18H17ClFN3O4. The van der Waals surface area contributed by atoms with Crippen molar-refractivity contribution >= 4 is 29.6 Å². The standard InChI is InChI=1S/C18H17ClFN3O4/c1-26-14-7-6-11(8-15(14)27-2)9-22-23-16(24)10-21-18(25)17-12(19)4-3-5-13(17)20/h3-9H,10H2,1-2H3,(H,21,25)(H,23,24)/b22-9-. The van der Waals surface area contributed by atoms with E-state index in [0.29, 0.717) is 17.1 Å². The first-order valence-electron chi connectivity index (χ1n) is 7.72. The number of methoxy groups -OCH3 is 2. The van der Waals surface area contributed by atoms with E-state index < -0.39 is 24.2 Å². The van der Waals surface area contributed by atoms with Gasteiger partial charge in [0.15, 0.2) is 11.5 Å². The monoisotopic (exact) mass is 393 g/mol. The second kappa shape index (κ2) is 9.54. The van der Waals surface area contributed by atoms with Gasteiger partial charge in [-0.25, -0.2) is 9.82 Å². The minimum absolute atomic E-state index is 0.0422. The Morgan fingerprint density at radius 3 is 2.59 bits per heavy atom. The van der Waals surface area contributed by atoms with Crippen LogP contribution in [-0.2, 0) is 4.79 Å². The highest BCUT2D eigenvalue weighted by atomic mass is 35.5. The topological polar surface area (TPSA) is 89.0 Å². The number of rotatable bonds is 7. The molecule has 9 heteroatoms. The summed E-state index contributed by atoms with van der Waals surface area (Å²) in [6, 6.07) is 8.96. The lowest BCUT2D eigenvalue weighted by Crippen LogP contribution is -2.35. The van der Waals surface area contributed by atoms with Gasteiger partial charge in [0.05, 0.1) is 37.6 Å². The number of carbonyl (C=O) groups is 2. The second-order valence-corrected chi connectivity index (χ2v) is 5.59. The molecule has 0 aliphatic carbocycles. The molecule has 2 rings (SSSR count). The lowest BCUT2D eigenvalue weighted by atomic mass is 10.2. The van der Waals surface area contributed by atoms with Gasteiger partial charge in [0.25, 0.3) is 11.8 Å². The molecule has 2 aromatic rings. The Labute approximate surface area is 160 Å². The van der Waals surface area contributed by atoms with E-state index >= 15 is 0 Å². The van der Waals surface area contributed by atoms with Crippen LogP contribution in [0.2, 0.25) is 5.02 Å². The molecule has 0 saturated heterocycles. The van der Waals surface area contributed by atoms with Crippen molar-refractivity contribution in [2.75, 3.05) is 20.8 Å². The van der Waals surface area contributed by atoms with Crippen LogP contribution in [0.3, 0.4) is 0 Å². The van der Waals surface area contributed by atoms with Crippen LogP contribution in [0.4, 0.5) is 4.39 Å². The Morgan fingerprint density at radius 2 is 1.93 bits per heavy atom. The zero-order valence-electron chi connectivity index (χ0n) is 14.6. The van der Waals surface area contributed by atoms with Crippen LogP contribution in [0.25, 0.3) is 0 Å². The minimum Gasteiger partial charge on any atom is -0.493 e. The molecule has 0 aromatic heterocycles. The summed E-state index contributed by atoms with van der Waals surface area (Å²) >= 11 is 5.79. The number of amides is 2. The summed E-state index contributed by atoms with van der Waals surface area (Å²) in [7, 11) is 3.03. The van der Waals surface area contributed by atoms with E-state index in [1.807, 2.05) is 0 Å². The first-order chi connectivity index (χ1) is 13.0. The van der Waals surface area contributed by atoms with Gasteiger partial charge < -0.3 is 14.8 Å². The molecule has 2 amide bonds. The SMILES string of the molecule is COc1ccc(/C=N\NC(=O)CNC(=O)c2c(F)cccc2Cl)cc1OC. The molecular weight excluding hydrogens is 377 g/mol. The van der Waals surface area contributed by atoms with Crippen molar-refractivity contribution in [3.63, 3.8) is 0 Å². The fourth-order valence-electron chi connectivity index (χ4n) is 2.12. The number of hydrogen-bond acceptors (Lipinski definition) is 5. The van der Waals surface area contributed by atoms with Crippen LogP contribution in [0, 0.1) is 5.82 Å². The van der Waals surface area contributed by atoms with Crippen molar-refractivity contribution in [2.24, 2.45) is 5.10 Å². The minimum atomic E-state index is -0.794. The Hall–Kier alpha value is -3.13. The van der Waals surface area contributed by atoms with Crippen molar-refractivity contribution in [3.8, 4) is 11.5 Å². The molecule has 0 heterocycles. The Kier molecular flexibility index (Phi) is 7.13.